The van der Waals surface area contributed by atoms with Gasteiger partial charge in [0.15, 0.2) is 5.17 Å². The zero-order valence-electron chi connectivity index (χ0n) is 18.8. The molecule has 3 rings (SSSR count). The van der Waals surface area contributed by atoms with E-state index in [1.165, 1.54) is 24.2 Å². The number of aromatic nitrogens is 2. The van der Waals surface area contributed by atoms with E-state index in [1.807, 2.05) is 46.8 Å². The summed E-state index contributed by atoms with van der Waals surface area (Å²) >= 11 is 7.43. The molecule has 0 saturated carbocycles. The Balaban J connectivity index is 1.95. The molecule has 0 atom stereocenters. The molecule has 0 bridgehead atoms. The highest BCUT2D eigenvalue weighted by Crippen LogP contribution is 2.34. The molecule has 1 amide bonds. The van der Waals surface area contributed by atoms with Crippen molar-refractivity contribution >= 4 is 39.5 Å². The Labute approximate surface area is 196 Å². The quantitative estimate of drug-likeness (QED) is 0.592. The fourth-order valence-electron chi connectivity index (χ4n) is 2.83. The van der Waals surface area contributed by atoms with E-state index in [9.17, 15) is 4.79 Å². The number of nitrogens with zero attached hydrogens (tertiary/aromatic N) is 4. The van der Waals surface area contributed by atoms with Gasteiger partial charge in [-0.2, -0.15) is 0 Å². The molecule has 7 nitrogen and oxygen atoms in total. The van der Waals surface area contributed by atoms with Crippen LogP contribution in [0.25, 0.3) is 11.1 Å². The van der Waals surface area contributed by atoms with Crippen LogP contribution in [0.2, 0.25) is 5.15 Å². The van der Waals surface area contributed by atoms with Crippen LogP contribution >= 0.6 is 23.4 Å². The molecular formula is C23H24ClN5O2S. The van der Waals surface area contributed by atoms with E-state index in [4.69, 9.17) is 16.3 Å². The average molecular weight is 470 g/mol. The lowest BCUT2D eigenvalue weighted by Gasteiger charge is -2.13. The summed E-state index contributed by atoms with van der Waals surface area (Å²) in [6.45, 7) is 9.69. The highest BCUT2D eigenvalue weighted by atomic mass is 35.5. The lowest BCUT2D eigenvalue weighted by Crippen LogP contribution is -2.28. The van der Waals surface area contributed by atoms with Gasteiger partial charge in [-0.15, -0.1) is 0 Å². The Kier molecular flexibility index (Phi) is 7.48. The SMILES string of the molecule is C/C=C1/N=C(NC(=O)c2cnc(C)cc2-c2cc(Cl)ncc2OC)SC1=NC(C)=C(C)C. The molecule has 2 aromatic rings. The van der Waals surface area contributed by atoms with E-state index in [1.54, 1.807) is 13.2 Å². The number of allylic oxidation sites excluding steroid dienone is 3. The van der Waals surface area contributed by atoms with Crippen molar-refractivity contribution in [1.29, 1.82) is 0 Å². The normalized spacial score (nSPS) is 15.7. The number of ether oxygens (including phenoxy) is 1. The number of amidine groups is 1. The van der Waals surface area contributed by atoms with Crippen LogP contribution in [0.5, 0.6) is 5.75 Å². The molecule has 0 spiro atoms. The molecule has 2 aromatic heterocycles. The Bertz CT molecular complexity index is 1200. The minimum Gasteiger partial charge on any atom is -0.494 e. The summed E-state index contributed by atoms with van der Waals surface area (Å²) in [5, 5.41) is 4.37. The minimum absolute atomic E-state index is 0.297. The summed E-state index contributed by atoms with van der Waals surface area (Å²) in [6, 6.07) is 3.48. The third-order valence-corrected chi connectivity index (χ3v) is 5.84. The number of aliphatic imine (C=N–C) groups is 2. The predicted molar refractivity (Wildman–Crippen MR) is 131 cm³/mol. The molecule has 1 N–H and O–H groups in total. The van der Waals surface area contributed by atoms with Crippen molar-refractivity contribution < 1.29 is 9.53 Å². The number of rotatable bonds is 4. The van der Waals surface area contributed by atoms with Crippen LogP contribution in [0.1, 0.15) is 43.7 Å². The molecule has 0 saturated heterocycles. The fraction of sp³-hybridized carbons (Fsp3) is 0.261. The first-order valence-corrected chi connectivity index (χ1v) is 11.1. The topological polar surface area (TPSA) is 88.8 Å². The number of amides is 1. The lowest BCUT2D eigenvalue weighted by molar-refractivity contribution is 0.0978. The number of hydrogen-bond acceptors (Lipinski definition) is 7. The maximum Gasteiger partial charge on any atom is 0.259 e. The molecule has 32 heavy (non-hydrogen) atoms. The monoisotopic (exact) mass is 469 g/mol. The summed E-state index contributed by atoms with van der Waals surface area (Å²) in [5.41, 5.74) is 5.16. The van der Waals surface area contributed by atoms with Gasteiger partial charge in [-0.05, 0) is 58.5 Å². The van der Waals surface area contributed by atoms with Gasteiger partial charge in [0.2, 0.25) is 0 Å². The van der Waals surface area contributed by atoms with Crippen LogP contribution in [0.4, 0.5) is 0 Å². The first-order chi connectivity index (χ1) is 15.2. The predicted octanol–water partition coefficient (Wildman–Crippen LogP) is 5.56. The smallest absolute Gasteiger partial charge is 0.259 e. The van der Waals surface area contributed by atoms with Crippen molar-refractivity contribution in [3.63, 3.8) is 0 Å². The summed E-state index contributed by atoms with van der Waals surface area (Å²) in [4.78, 5) is 30.7. The van der Waals surface area contributed by atoms with Gasteiger partial charge in [0.25, 0.3) is 5.91 Å². The number of halogens is 1. The number of carbonyl (C=O) groups is 1. The van der Waals surface area contributed by atoms with E-state index < -0.39 is 0 Å². The van der Waals surface area contributed by atoms with E-state index in [0.717, 1.165) is 27.7 Å². The van der Waals surface area contributed by atoms with E-state index >= 15 is 0 Å². The van der Waals surface area contributed by atoms with Crippen LogP contribution in [0.3, 0.4) is 0 Å². The number of carbonyl (C=O) groups excluding carboxylic acids is 1. The molecule has 166 valence electrons. The molecule has 0 aromatic carbocycles. The maximum atomic E-state index is 13.2. The van der Waals surface area contributed by atoms with Crippen LogP contribution < -0.4 is 10.1 Å². The fourth-order valence-corrected chi connectivity index (χ4v) is 3.91. The van der Waals surface area contributed by atoms with Crippen LogP contribution in [0, 0.1) is 6.92 Å². The van der Waals surface area contributed by atoms with Crippen molar-refractivity contribution in [3.8, 4) is 16.9 Å². The summed E-state index contributed by atoms with van der Waals surface area (Å²) in [7, 11) is 1.54. The van der Waals surface area contributed by atoms with Gasteiger partial charge in [-0.3, -0.25) is 9.78 Å². The van der Waals surface area contributed by atoms with Crippen molar-refractivity contribution in [1.82, 2.24) is 15.3 Å². The van der Waals surface area contributed by atoms with E-state index in [-0.39, 0.29) is 5.91 Å². The number of aryl methyl sites for hydroxylation is 1. The summed E-state index contributed by atoms with van der Waals surface area (Å²) in [5.74, 6) is 0.161. The largest absolute Gasteiger partial charge is 0.494 e. The van der Waals surface area contributed by atoms with Crippen LogP contribution in [-0.4, -0.2) is 33.2 Å². The third-order valence-electron chi connectivity index (χ3n) is 4.75. The van der Waals surface area contributed by atoms with E-state index in [0.29, 0.717) is 32.8 Å². The number of pyridine rings is 2. The number of thioether (sulfide) groups is 1. The van der Waals surface area contributed by atoms with E-state index in [2.05, 4.69) is 25.3 Å². The number of hydrogen-bond donors (Lipinski definition) is 1. The van der Waals surface area contributed by atoms with Crippen LogP contribution in [0.15, 0.2) is 57.6 Å². The molecule has 0 fully saturated rings. The second-order valence-corrected chi connectivity index (χ2v) is 8.59. The Morgan fingerprint density at radius 1 is 1.19 bits per heavy atom. The molecular weight excluding hydrogens is 446 g/mol. The molecule has 3 heterocycles. The second-order valence-electron chi connectivity index (χ2n) is 7.23. The molecule has 9 heteroatoms. The summed E-state index contributed by atoms with van der Waals surface area (Å²) < 4.78 is 5.43. The first kappa shape index (κ1) is 23.7. The molecule has 0 unspecified atom stereocenters. The highest BCUT2D eigenvalue weighted by molar-refractivity contribution is 8.27. The third kappa shape index (κ3) is 5.26. The van der Waals surface area contributed by atoms with Gasteiger partial charge in [0, 0.05) is 28.7 Å². The van der Waals surface area contributed by atoms with Crippen molar-refractivity contribution in [2.75, 3.05) is 7.11 Å². The van der Waals surface area contributed by atoms with Crippen molar-refractivity contribution in [2.24, 2.45) is 9.98 Å². The summed E-state index contributed by atoms with van der Waals surface area (Å²) in [6.07, 6.45) is 4.93. The number of methoxy groups -OCH3 is 1. The molecule has 0 aliphatic carbocycles. The molecule has 0 radical (unpaired) electrons. The van der Waals surface area contributed by atoms with Gasteiger partial charge in [0.05, 0.1) is 24.6 Å². The van der Waals surface area contributed by atoms with Gasteiger partial charge in [0.1, 0.15) is 15.9 Å². The minimum atomic E-state index is -0.343. The van der Waals surface area contributed by atoms with Gasteiger partial charge >= 0.3 is 0 Å². The molecule has 1 aliphatic rings. The lowest BCUT2D eigenvalue weighted by atomic mass is 10.0. The Hall–Kier alpha value is -2.97. The van der Waals surface area contributed by atoms with Gasteiger partial charge < -0.3 is 10.1 Å². The standard InChI is InChI=1S/C23H24ClN5O2S/c1-7-18-22(27-14(5)12(2)3)32-23(28-18)29-21(30)17-10-25-13(4)8-15(17)16-9-20(24)26-11-19(16)31-6/h7-11H,1-6H3,(H,28,29,30)/b18-7+,27-22?. The molecule has 1 aliphatic heterocycles. The Morgan fingerprint density at radius 3 is 2.59 bits per heavy atom. The second kappa shape index (κ2) is 10.1. The highest BCUT2D eigenvalue weighted by Gasteiger charge is 2.24. The van der Waals surface area contributed by atoms with Gasteiger partial charge in [-0.25, -0.2) is 15.0 Å². The number of nitrogens with one attached hydrogen (secondary N) is 1. The van der Waals surface area contributed by atoms with Crippen molar-refractivity contribution in [2.45, 2.75) is 34.6 Å². The zero-order valence-corrected chi connectivity index (χ0v) is 20.4. The Morgan fingerprint density at radius 2 is 1.94 bits per heavy atom. The first-order valence-electron chi connectivity index (χ1n) is 9.87. The van der Waals surface area contributed by atoms with Crippen molar-refractivity contribution in [3.05, 3.63) is 64.0 Å². The maximum absolute atomic E-state index is 13.2. The van der Waals surface area contributed by atoms with Crippen LogP contribution in [-0.2, 0) is 0 Å². The van der Waals surface area contributed by atoms with Gasteiger partial charge in [-0.1, -0.05) is 23.3 Å². The average Bonchev–Trinajstić information content (AvgIpc) is 3.14. The zero-order chi connectivity index (χ0) is 23.4.